The molecule has 0 saturated heterocycles. The van der Waals surface area contributed by atoms with Crippen LogP contribution in [0.25, 0.3) is 0 Å². The zero-order valence-electron chi connectivity index (χ0n) is 8.09. The molecule has 2 atom stereocenters. The van der Waals surface area contributed by atoms with Gasteiger partial charge in [0.25, 0.3) is 0 Å². The average Bonchev–Trinajstić information content (AvgIpc) is 2.05. The van der Waals surface area contributed by atoms with Gasteiger partial charge in [-0.2, -0.15) is 0 Å². The third-order valence-electron chi connectivity index (χ3n) is 1.95. The van der Waals surface area contributed by atoms with Crippen LogP contribution in [0, 0.1) is 5.92 Å². The molecular formula is C11H19Cl. The molecule has 0 heterocycles. The van der Waals surface area contributed by atoms with E-state index >= 15 is 0 Å². The van der Waals surface area contributed by atoms with Crippen molar-refractivity contribution in [1.82, 2.24) is 0 Å². The summed E-state index contributed by atoms with van der Waals surface area (Å²) in [4.78, 5) is 0. The van der Waals surface area contributed by atoms with Crippen molar-refractivity contribution >= 4 is 11.6 Å². The molecule has 0 aliphatic heterocycles. The lowest BCUT2D eigenvalue weighted by atomic mass is 9.99. The van der Waals surface area contributed by atoms with E-state index in [1.807, 2.05) is 6.08 Å². The van der Waals surface area contributed by atoms with Gasteiger partial charge in [0.05, 0.1) is 5.38 Å². The van der Waals surface area contributed by atoms with Crippen LogP contribution < -0.4 is 0 Å². The van der Waals surface area contributed by atoms with E-state index < -0.39 is 0 Å². The van der Waals surface area contributed by atoms with Gasteiger partial charge in [-0.05, 0) is 32.1 Å². The van der Waals surface area contributed by atoms with Crippen LogP contribution in [0.1, 0.15) is 33.1 Å². The third kappa shape index (κ3) is 6.48. The summed E-state index contributed by atoms with van der Waals surface area (Å²) >= 11 is 5.94. The smallest absolute Gasteiger partial charge is 0.0515 e. The lowest BCUT2D eigenvalue weighted by Gasteiger charge is -2.11. The Kier molecular flexibility index (Phi) is 7.28. The maximum absolute atomic E-state index is 5.94. The van der Waals surface area contributed by atoms with Crippen LogP contribution in [-0.4, -0.2) is 5.38 Å². The molecule has 0 aromatic rings. The summed E-state index contributed by atoms with van der Waals surface area (Å²) in [5.41, 5.74) is 0. The molecule has 0 bridgehead atoms. The molecule has 70 valence electrons. The van der Waals surface area contributed by atoms with Gasteiger partial charge in [0.2, 0.25) is 0 Å². The highest BCUT2D eigenvalue weighted by atomic mass is 35.5. The van der Waals surface area contributed by atoms with Gasteiger partial charge in [-0.3, -0.25) is 0 Å². The van der Waals surface area contributed by atoms with E-state index in [0.717, 1.165) is 6.42 Å². The lowest BCUT2D eigenvalue weighted by Crippen LogP contribution is -2.02. The summed E-state index contributed by atoms with van der Waals surface area (Å²) in [7, 11) is 0. The van der Waals surface area contributed by atoms with Gasteiger partial charge in [-0.15, -0.1) is 18.2 Å². The van der Waals surface area contributed by atoms with Crippen LogP contribution in [0.2, 0.25) is 0 Å². The van der Waals surface area contributed by atoms with Gasteiger partial charge in [-0.1, -0.05) is 25.2 Å². The molecule has 0 fully saturated rings. The predicted octanol–water partition coefficient (Wildman–Crippen LogP) is 4.16. The van der Waals surface area contributed by atoms with Crippen molar-refractivity contribution in [1.29, 1.82) is 0 Å². The molecule has 0 nitrogen and oxygen atoms in total. The van der Waals surface area contributed by atoms with E-state index in [1.165, 1.54) is 12.8 Å². The molecule has 0 saturated carbocycles. The largest absolute Gasteiger partial charge is 0.118 e. The first-order valence-corrected chi connectivity index (χ1v) is 5.02. The van der Waals surface area contributed by atoms with Crippen LogP contribution in [0.15, 0.2) is 24.8 Å². The highest BCUT2D eigenvalue weighted by Crippen LogP contribution is 2.16. The maximum Gasteiger partial charge on any atom is 0.0515 e. The minimum absolute atomic E-state index is 0.144. The fraction of sp³-hybridized carbons (Fsp3) is 0.636. The Morgan fingerprint density at radius 1 is 1.50 bits per heavy atom. The number of allylic oxidation sites excluding steroid dienone is 3. The highest BCUT2D eigenvalue weighted by molar-refractivity contribution is 6.21. The number of hydrogen-bond donors (Lipinski definition) is 0. The van der Waals surface area contributed by atoms with E-state index in [1.54, 1.807) is 0 Å². The summed E-state index contributed by atoms with van der Waals surface area (Å²) in [5, 5.41) is 0.144. The first kappa shape index (κ1) is 11.8. The van der Waals surface area contributed by atoms with E-state index in [0.29, 0.717) is 5.92 Å². The van der Waals surface area contributed by atoms with E-state index in [-0.39, 0.29) is 5.38 Å². The van der Waals surface area contributed by atoms with Crippen molar-refractivity contribution in [2.75, 3.05) is 0 Å². The zero-order valence-corrected chi connectivity index (χ0v) is 8.85. The third-order valence-corrected chi connectivity index (χ3v) is 2.30. The minimum atomic E-state index is 0.144. The molecule has 0 N–H and O–H groups in total. The van der Waals surface area contributed by atoms with Gasteiger partial charge in [0.15, 0.2) is 0 Å². The number of rotatable bonds is 6. The molecule has 0 aromatic heterocycles. The van der Waals surface area contributed by atoms with Gasteiger partial charge in [-0.25, -0.2) is 0 Å². The van der Waals surface area contributed by atoms with E-state index in [2.05, 4.69) is 32.6 Å². The molecule has 1 heteroatoms. The SMILES string of the molecule is C=CC(Cl)CC(C)CC/C=C/C. The van der Waals surface area contributed by atoms with Crippen LogP contribution in [0.4, 0.5) is 0 Å². The van der Waals surface area contributed by atoms with Gasteiger partial charge in [0.1, 0.15) is 0 Å². The van der Waals surface area contributed by atoms with Crippen molar-refractivity contribution in [3.05, 3.63) is 24.8 Å². The second kappa shape index (κ2) is 7.42. The molecule has 0 amide bonds. The van der Waals surface area contributed by atoms with E-state index in [4.69, 9.17) is 11.6 Å². The summed E-state index contributed by atoms with van der Waals surface area (Å²) in [6, 6.07) is 0. The topological polar surface area (TPSA) is 0 Å². The Balaban J connectivity index is 3.44. The van der Waals surface area contributed by atoms with Crippen molar-refractivity contribution < 1.29 is 0 Å². The second-order valence-corrected chi connectivity index (χ2v) is 3.80. The Morgan fingerprint density at radius 3 is 2.67 bits per heavy atom. The maximum atomic E-state index is 5.94. The van der Waals surface area contributed by atoms with Crippen molar-refractivity contribution in [2.24, 2.45) is 5.92 Å². The Morgan fingerprint density at radius 2 is 2.17 bits per heavy atom. The van der Waals surface area contributed by atoms with Crippen LogP contribution in [0.3, 0.4) is 0 Å². The van der Waals surface area contributed by atoms with Crippen LogP contribution >= 0.6 is 11.6 Å². The summed E-state index contributed by atoms with van der Waals surface area (Å²) < 4.78 is 0. The Labute approximate surface area is 81.3 Å². The predicted molar refractivity (Wildman–Crippen MR) is 57.7 cm³/mol. The van der Waals surface area contributed by atoms with Gasteiger partial charge < -0.3 is 0 Å². The molecule has 12 heavy (non-hydrogen) atoms. The van der Waals surface area contributed by atoms with Crippen LogP contribution in [-0.2, 0) is 0 Å². The molecular weight excluding hydrogens is 168 g/mol. The molecule has 0 aromatic carbocycles. The zero-order chi connectivity index (χ0) is 9.40. The summed E-state index contributed by atoms with van der Waals surface area (Å²) in [6.45, 7) is 7.96. The molecule has 0 radical (unpaired) electrons. The average molecular weight is 187 g/mol. The van der Waals surface area contributed by atoms with Crippen molar-refractivity contribution in [3.63, 3.8) is 0 Å². The first-order chi connectivity index (χ1) is 5.70. The van der Waals surface area contributed by atoms with Gasteiger partial charge >= 0.3 is 0 Å². The summed E-state index contributed by atoms with van der Waals surface area (Å²) in [5.74, 6) is 0.696. The monoisotopic (exact) mass is 186 g/mol. The standard InChI is InChI=1S/C11H19Cl/c1-4-6-7-8-10(3)9-11(12)5-2/h4-6,10-11H,2,7-9H2,1,3H3/b6-4+. The summed E-state index contributed by atoms with van der Waals surface area (Å²) in [6.07, 6.45) is 9.54. The Bertz CT molecular complexity index is 138. The number of halogens is 1. The fourth-order valence-electron chi connectivity index (χ4n) is 1.15. The van der Waals surface area contributed by atoms with Crippen LogP contribution in [0.5, 0.6) is 0 Å². The van der Waals surface area contributed by atoms with Crippen molar-refractivity contribution in [2.45, 2.75) is 38.5 Å². The second-order valence-electron chi connectivity index (χ2n) is 3.24. The highest BCUT2D eigenvalue weighted by Gasteiger charge is 2.05. The van der Waals surface area contributed by atoms with Gasteiger partial charge in [0, 0.05) is 0 Å². The quantitative estimate of drug-likeness (QED) is 0.432. The van der Waals surface area contributed by atoms with Crippen molar-refractivity contribution in [3.8, 4) is 0 Å². The molecule has 2 unspecified atom stereocenters. The molecule has 0 aliphatic carbocycles. The Hall–Kier alpha value is -0.230. The lowest BCUT2D eigenvalue weighted by molar-refractivity contribution is 0.505. The molecule has 0 aliphatic rings. The normalized spacial score (nSPS) is 16.2. The molecule has 0 rings (SSSR count). The first-order valence-electron chi connectivity index (χ1n) is 4.58. The minimum Gasteiger partial charge on any atom is -0.118 e. The number of alkyl halides is 1. The number of hydrogen-bond acceptors (Lipinski definition) is 0. The van der Waals surface area contributed by atoms with E-state index in [9.17, 15) is 0 Å². The molecule has 0 spiro atoms. The fourth-order valence-corrected chi connectivity index (χ4v) is 1.45.